The highest BCUT2D eigenvalue weighted by Gasteiger charge is 2.57. The van der Waals surface area contributed by atoms with Crippen molar-refractivity contribution in [3.05, 3.63) is 107 Å². The number of benzene rings is 3. The number of aryl methyl sites for hydroxylation is 1. The smallest absolute Gasteiger partial charge is 0.308 e. The summed E-state index contributed by atoms with van der Waals surface area (Å²) in [6, 6.07) is 19.4. The summed E-state index contributed by atoms with van der Waals surface area (Å²) < 4.78 is 2.18. The molecule has 0 saturated carbocycles. The van der Waals surface area contributed by atoms with Crippen molar-refractivity contribution in [2.45, 2.75) is 29.7 Å². The third-order valence-corrected chi connectivity index (χ3v) is 11.0. The van der Waals surface area contributed by atoms with Crippen molar-refractivity contribution < 1.29 is 14.4 Å². The monoisotopic (exact) mass is 687 g/mol. The van der Waals surface area contributed by atoms with Crippen LogP contribution < -0.4 is 15.1 Å². The molecule has 12 heteroatoms. The average Bonchev–Trinajstić information content (AvgIpc) is 3.37. The summed E-state index contributed by atoms with van der Waals surface area (Å²) in [6.45, 7) is 1.67. The number of thioether (sulfide) groups is 1. The lowest BCUT2D eigenvalue weighted by Gasteiger charge is -2.31. The number of imide groups is 1. The number of carbonyl (C=O) groups excluding carboxylic acids is 3. The number of anilines is 2. The van der Waals surface area contributed by atoms with Crippen LogP contribution in [-0.4, -0.2) is 27.5 Å². The Labute approximate surface area is 261 Å². The van der Waals surface area contributed by atoms with Crippen molar-refractivity contribution in [3.8, 4) is 0 Å². The Bertz CT molecular complexity index is 1790. The van der Waals surface area contributed by atoms with E-state index >= 15 is 0 Å². The van der Waals surface area contributed by atoms with Crippen LogP contribution >= 0.6 is 62.2 Å². The molecule has 1 N–H and O–H groups in total. The van der Waals surface area contributed by atoms with Gasteiger partial charge in [0.15, 0.2) is 0 Å². The second-order valence-corrected chi connectivity index (χ2v) is 13.5. The van der Waals surface area contributed by atoms with Crippen LogP contribution in [-0.2, 0) is 20.9 Å². The van der Waals surface area contributed by atoms with Crippen molar-refractivity contribution in [3.63, 3.8) is 0 Å². The van der Waals surface area contributed by atoms with Gasteiger partial charge in [-0.2, -0.15) is 0 Å². The third kappa shape index (κ3) is 5.06. The van der Waals surface area contributed by atoms with E-state index in [2.05, 4.69) is 21.2 Å². The van der Waals surface area contributed by atoms with Gasteiger partial charge in [0, 0.05) is 21.0 Å². The van der Waals surface area contributed by atoms with Crippen LogP contribution in [0.25, 0.3) is 0 Å². The van der Waals surface area contributed by atoms with Crippen LogP contribution in [0.15, 0.2) is 81.0 Å². The van der Waals surface area contributed by atoms with E-state index in [-0.39, 0.29) is 28.3 Å². The maximum absolute atomic E-state index is 14.0. The average molecular weight is 689 g/mol. The second kappa shape index (κ2) is 11.1. The molecule has 1 fully saturated rings. The summed E-state index contributed by atoms with van der Waals surface area (Å²) in [5, 5.41) is 3.02. The summed E-state index contributed by atoms with van der Waals surface area (Å²) >= 11 is 18.5. The molecule has 0 spiro atoms. The van der Waals surface area contributed by atoms with Gasteiger partial charge >= 0.3 is 4.87 Å². The molecule has 0 radical (unpaired) electrons. The Kier molecular flexibility index (Phi) is 7.63. The molecule has 41 heavy (non-hydrogen) atoms. The Balaban J connectivity index is 1.44. The first kappa shape index (κ1) is 28.2. The number of nitrogens with one attached hydrogen (secondary N) is 1. The lowest BCUT2D eigenvalue weighted by molar-refractivity contribution is -0.122. The molecule has 1 saturated heterocycles. The van der Waals surface area contributed by atoms with E-state index in [4.69, 9.17) is 23.2 Å². The predicted octanol–water partition coefficient (Wildman–Crippen LogP) is 6.72. The fourth-order valence-electron chi connectivity index (χ4n) is 5.26. The quantitative estimate of drug-likeness (QED) is 0.235. The topological polar surface area (TPSA) is 88.5 Å². The Morgan fingerprint density at radius 3 is 2.46 bits per heavy atom. The van der Waals surface area contributed by atoms with Crippen molar-refractivity contribution >= 4 is 91.3 Å². The first-order valence-corrected chi connectivity index (χ1v) is 15.7. The number of carbonyl (C=O) groups is 3. The molecule has 6 rings (SSSR count). The highest BCUT2D eigenvalue weighted by molar-refractivity contribution is 9.10. The number of hydrogen-bond donors (Lipinski definition) is 1. The molecule has 0 bridgehead atoms. The molecule has 3 aromatic carbocycles. The Morgan fingerprint density at radius 2 is 1.73 bits per heavy atom. The third-order valence-electron chi connectivity index (χ3n) is 7.05. The molecule has 208 valence electrons. The van der Waals surface area contributed by atoms with Gasteiger partial charge in [-0.3, -0.25) is 23.7 Å². The van der Waals surface area contributed by atoms with Crippen LogP contribution in [0, 0.1) is 12.8 Å². The number of halogens is 3. The lowest BCUT2D eigenvalue weighted by atomic mass is 9.83. The first-order valence-electron chi connectivity index (χ1n) is 12.5. The minimum atomic E-state index is -0.834. The van der Waals surface area contributed by atoms with Gasteiger partial charge in [-0.25, -0.2) is 4.90 Å². The lowest BCUT2D eigenvalue weighted by Crippen LogP contribution is -2.33. The van der Waals surface area contributed by atoms with Crippen molar-refractivity contribution in [2.24, 2.45) is 5.92 Å². The molecule has 2 aliphatic rings. The van der Waals surface area contributed by atoms with Gasteiger partial charge in [0.1, 0.15) is 11.8 Å². The molecule has 4 aromatic rings. The van der Waals surface area contributed by atoms with Crippen molar-refractivity contribution in [1.29, 1.82) is 0 Å². The number of amides is 3. The molecule has 2 aliphatic heterocycles. The molecule has 7 nitrogen and oxygen atoms in total. The van der Waals surface area contributed by atoms with E-state index in [0.717, 1.165) is 33.1 Å². The van der Waals surface area contributed by atoms with E-state index in [1.165, 1.54) is 9.47 Å². The largest absolute Gasteiger partial charge is 0.325 e. The summed E-state index contributed by atoms with van der Waals surface area (Å²) in [7, 11) is 0. The molecular weight excluding hydrogens is 669 g/mol. The minimum Gasteiger partial charge on any atom is -0.325 e. The van der Waals surface area contributed by atoms with Gasteiger partial charge in [0.05, 0.1) is 26.7 Å². The van der Waals surface area contributed by atoms with Gasteiger partial charge in [-0.15, -0.1) is 0 Å². The van der Waals surface area contributed by atoms with E-state index in [1.54, 1.807) is 48.5 Å². The van der Waals surface area contributed by atoms with Gasteiger partial charge in [0.2, 0.25) is 17.7 Å². The van der Waals surface area contributed by atoms with Gasteiger partial charge in [0.25, 0.3) is 0 Å². The van der Waals surface area contributed by atoms with Crippen LogP contribution in [0.2, 0.25) is 10.0 Å². The standard InChI is InChI=1S/C29H20BrCl2N3O4S2/c1-14-4-2-5-16(12-14)33-20(36)13-34-28-25(41-29(34)39)21(18-6-3-7-19(31)23(18)32)22-24(40-28)27(38)35(26(22)37)17-10-8-15(30)9-11-17/h2-12,21-22,24H,13H2,1H3,(H,33,36). The highest BCUT2D eigenvalue weighted by atomic mass is 79.9. The molecule has 3 amide bonds. The van der Waals surface area contributed by atoms with Crippen LogP contribution in [0.1, 0.15) is 21.9 Å². The Morgan fingerprint density at radius 1 is 1.00 bits per heavy atom. The van der Waals surface area contributed by atoms with E-state index in [0.29, 0.717) is 31.9 Å². The highest BCUT2D eigenvalue weighted by Crippen LogP contribution is 2.55. The fraction of sp³-hybridized carbons (Fsp3) is 0.172. The normalized spacial score (nSPS) is 19.7. The summed E-state index contributed by atoms with van der Waals surface area (Å²) in [5.74, 6) is -2.70. The van der Waals surface area contributed by atoms with Crippen LogP contribution in [0.4, 0.5) is 11.4 Å². The second-order valence-electron chi connectivity index (χ2n) is 9.71. The first-order chi connectivity index (χ1) is 19.6. The Hall–Kier alpha value is -2.89. The fourth-order valence-corrected chi connectivity index (χ4v) is 8.72. The summed E-state index contributed by atoms with van der Waals surface area (Å²) in [5.41, 5.74) is 2.60. The molecular formula is C29H20BrCl2N3O4S2. The van der Waals surface area contributed by atoms with E-state index in [1.807, 2.05) is 25.1 Å². The minimum absolute atomic E-state index is 0.252. The number of aromatic nitrogens is 1. The van der Waals surface area contributed by atoms with Gasteiger partial charge in [-0.05, 0) is 60.5 Å². The number of nitrogens with zero attached hydrogens (tertiary/aromatic N) is 2. The van der Waals surface area contributed by atoms with E-state index in [9.17, 15) is 19.2 Å². The maximum Gasteiger partial charge on any atom is 0.308 e. The SMILES string of the molecule is Cc1cccc(NC(=O)Cn2c3c(sc2=O)C(c2cccc(Cl)c2Cl)C2C(=O)N(c4ccc(Br)cc4)C(=O)C2S3)c1. The number of thiazole rings is 1. The van der Waals surface area contributed by atoms with Gasteiger partial charge in [-0.1, -0.05) is 86.5 Å². The van der Waals surface area contributed by atoms with Crippen molar-refractivity contribution in [1.82, 2.24) is 4.57 Å². The number of fused-ring (bicyclic) bond motifs is 2. The zero-order chi connectivity index (χ0) is 29.0. The number of hydrogen-bond acceptors (Lipinski definition) is 6. The molecule has 3 atom stereocenters. The number of rotatable bonds is 5. The van der Waals surface area contributed by atoms with Crippen LogP contribution in [0.5, 0.6) is 0 Å². The van der Waals surface area contributed by atoms with Gasteiger partial charge < -0.3 is 5.32 Å². The molecule has 3 heterocycles. The zero-order valence-electron chi connectivity index (χ0n) is 21.3. The zero-order valence-corrected chi connectivity index (χ0v) is 26.0. The predicted molar refractivity (Wildman–Crippen MR) is 166 cm³/mol. The summed E-state index contributed by atoms with van der Waals surface area (Å²) in [4.78, 5) is 55.6. The van der Waals surface area contributed by atoms with Crippen molar-refractivity contribution in [2.75, 3.05) is 10.2 Å². The summed E-state index contributed by atoms with van der Waals surface area (Å²) in [6.07, 6.45) is 0. The maximum atomic E-state index is 14.0. The molecule has 3 unspecified atom stereocenters. The van der Waals surface area contributed by atoms with Crippen LogP contribution in [0.3, 0.4) is 0 Å². The molecule has 0 aliphatic carbocycles. The van der Waals surface area contributed by atoms with E-state index < -0.39 is 23.0 Å². The molecule has 1 aromatic heterocycles.